The zero-order chi connectivity index (χ0) is 15.6. The van der Waals surface area contributed by atoms with Crippen molar-refractivity contribution in [2.45, 2.75) is 18.4 Å². The summed E-state index contributed by atoms with van der Waals surface area (Å²) in [6.45, 7) is 1.73. The maximum atomic E-state index is 13.6. The first kappa shape index (κ1) is 15.5. The maximum absolute atomic E-state index is 13.6. The van der Waals surface area contributed by atoms with Gasteiger partial charge < -0.3 is 5.73 Å². The first-order chi connectivity index (χ1) is 9.80. The Kier molecular flexibility index (Phi) is 4.29. The van der Waals surface area contributed by atoms with E-state index in [1.165, 1.54) is 19.2 Å². The van der Waals surface area contributed by atoms with Crippen molar-refractivity contribution in [2.75, 3.05) is 12.8 Å². The molecule has 0 atom stereocenters. The van der Waals surface area contributed by atoms with Crippen molar-refractivity contribution in [3.05, 3.63) is 59.4 Å². The number of benzene rings is 2. The summed E-state index contributed by atoms with van der Waals surface area (Å²) in [5.41, 5.74) is 7.15. The molecular weight excluding hydrogens is 291 g/mol. The molecule has 0 amide bonds. The minimum Gasteiger partial charge on any atom is -0.399 e. The number of halogens is 1. The van der Waals surface area contributed by atoms with E-state index in [2.05, 4.69) is 0 Å². The molecular formula is C15H17FN2O2S. The van der Waals surface area contributed by atoms with Gasteiger partial charge in [0, 0.05) is 24.8 Å². The van der Waals surface area contributed by atoms with E-state index in [4.69, 9.17) is 5.73 Å². The van der Waals surface area contributed by atoms with Crippen molar-refractivity contribution >= 4 is 15.7 Å². The average Bonchev–Trinajstić information content (AvgIpc) is 2.40. The molecule has 0 bridgehead atoms. The third kappa shape index (κ3) is 3.40. The maximum Gasteiger partial charge on any atom is 0.243 e. The Labute approximate surface area is 124 Å². The molecule has 0 saturated heterocycles. The Balaban J connectivity index is 2.33. The predicted octanol–water partition coefficient (Wildman–Crippen LogP) is 2.54. The van der Waals surface area contributed by atoms with Crippen LogP contribution in [0.3, 0.4) is 0 Å². The number of nitrogens with two attached hydrogens (primary N) is 1. The number of hydrogen-bond acceptors (Lipinski definition) is 3. The average molecular weight is 308 g/mol. The highest BCUT2D eigenvalue weighted by Crippen LogP contribution is 2.21. The lowest BCUT2D eigenvalue weighted by Gasteiger charge is -2.18. The van der Waals surface area contributed by atoms with E-state index in [0.29, 0.717) is 11.3 Å². The molecule has 0 spiro atoms. The van der Waals surface area contributed by atoms with Crippen molar-refractivity contribution in [1.82, 2.24) is 4.31 Å². The van der Waals surface area contributed by atoms with Crippen molar-refractivity contribution in [2.24, 2.45) is 0 Å². The minimum atomic E-state index is -3.71. The molecule has 4 nitrogen and oxygen atoms in total. The van der Waals surface area contributed by atoms with Crippen LogP contribution in [0.5, 0.6) is 0 Å². The van der Waals surface area contributed by atoms with Crippen LogP contribution in [-0.2, 0) is 16.6 Å². The molecule has 2 aromatic rings. The fourth-order valence-corrected chi connectivity index (χ4v) is 3.35. The zero-order valence-corrected chi connectivity index (χ0v) is 12.7. The number of aryl methyl sites for hydroxylation is 1. The molecule has 0 aliphatic heterocycles. The second kappa shape index (κ2) is 5.83. The van der Waals surface area contributed by atoms with Crippen molar-refractivity contribution in [3.63, 3.8) is 0 Å². The van der Waals surface area contributed by atoms with Crippen LogP contribution in [-0.4, -0.2) is 19.8 Å². The molecule has 0 radical (unpaired) electrons. The van der Waals surface area contributed by atoms with E-state index in [0.717, 1.165) is 9.87 Å². The summed E-state index contributed by atoms with van der Waals surface area (Å²) in [6, 6.07) is 10.7. The first-order valence-corrected chi connectivity index (χ1v) is 7.81. The monoisotopic (exact) mass is 308 g/mol. The fourth-order valence-electron chi connectivity index (χ4n) is 2.06. The highest BCUT2D eigenvalue weighted by atomic mass is 32.2. The second-order valence-corrected chi connectivity index (χ2v) is 6.98. The van der Waals surface area contributed by atoms with Gasteiger partial charge in [-0.15, -0.1) is 0 Å². The summed E-state index contributed by atoms with van der Waals surface area (Å²) < 4.78 is 39.7. The van der Waals surface area contributed by atoms with Gasteiger partial charge in [0.1, 0.15) is 5.82 Å². The topological polar surface area (TPSA) is 63.4 Å². The lowest BCUT2D eigenvalue weighted by molar-refractivity contribution is 0.456. The van der Waals surface area contributed by atoms with E-state index in [1.807, 2.05) is 0 Å². The molecule has 2 rings (SSSR count). The van der Waals surface area contributed by atoms with Gasteiger partial charge in [-0.2, -0.15) is 4.31 Å². The third-order valence-corrected chi connectivity index (χ3v) is 4.91. The van der Waals surface area contributed by atoms with Gasteiger partial charge in [0.2, 0.25) is 10.0 Å². The summed E-state index contributed by atoms with van der Waals surface area (Å²) in [7, 11) is -2.30. The molecule has 0 aromatic heterocycles. The smallest absolute Gasteiger partial charge is 0.243 e. The Morgan fingerprint density at radius 2 is 1.86 bits per heavy atom. The molecule has 0 aliphatic rings. The Hall–Kier alpha value is -1.92. The summed E-state index contributed by atoms with van der Waals surface area (Å²) in [5, 5.41) is 0. The lowest BCUT2D eigenvalue weighted by atomic mass is 10.2. The van der Waals surface area contributed by atoms with Crippen LogP contribution in [0.2, 0.25) is 0 Å². The summed E-state index contributed by atoms with van der Waals surface area (Å²) in [5.74, 6) is -0.427. The van der Waals surface area contributed by atoms with E-state index in [-0.39, 0.29) is 11.4 Å². The number of hydrogen-bond donors (Lipinski definition) is 1. The first-order valence-electron chi connectivity index (χ1n) is 6.37. The van der Waals surface area contributed by atoms with E-state index in [1.54, 1.807) is 37.3 Å². The van der Waals surface area contributed by atoms with Crippen molar-refractivity contribution in [3.8, 4) is 0 Å². The standard InChI is InChI=1S/C15H17FN2O2S/c1-11-7-13(17)9-14(8-11)21(19,20)18(2)10-12-5-3-4-6-15(12)16/h3-9H,10,17H2,1-2H3. The van der Waals surface area contributed by atoms with Crippen LogP contribution in [0.15, 0.2) is 47.4 Å². The number of nitrogen functional groups attached to an aromatic ring is 1. The van der Waals surface area contributed by atoms with Crippen LogP contribution in [0.1, 0.15) is 11.1 Å². The minimum absolute atomic E-state index is 0.0388. The molecule has 112 valence electrons. The van der Waals surface area contributed by atoms with Gasteiger partial charge in [-0.05, 0) is 36.8 Å². The normalized spacial score (nSPS) is 11.8. The largest absolute Gasteiger partial charge is 0.399 e. The van der Waals surface area contributed by atoms with Crippen LogP contribution in [0.25, 0.3) is 0 Å². The van der Waals surface area contributed by atoms with Gasteiger partial charge in [0.15, 0.2) is 0 Å². The second-order valence-electron chi connectivity index (χ2n) is 4.93. The number of rotatable bonds is 4. The molecule has 0 unspecified atom stereocenters. The molecule has 0 aliphatic carbocycles. The number of anilines is 1. The predicted molar refractivity (Wildman–Crippen MR) is 80.6 cm³/mol. The Bertz CT molecular complexity index is 740. The third-order valence-electron chi connectivity index (χ3n) is 3.13. The van der Waals surface area contributed by atoms with Crippen LogP contribution in [0.4, 0.5) is 10.1 Å². The van der Waals surface area contributed by atoms with Gasteiger partial charge >= 0.3 is 0 Å². The molecule has 2 N–H and O–H groups in total. The highest BCUT2D eigenvalue weighted by molar-refractivity contribution is 7.89. The summed E-state index contributed by atoms with van der Waals surface area (Å²) in [4.78, 5) is 0.110. The molecule has 6 heteroatoms. The van der Waals surface area contributed by atoms with Gasteiger partial charge in [-0.3, -0.25) is 0 Å². The molecule has 2 aromatic carbocycles. The Morgan fingerprint density at radius 3 is 2.48 bits per heavy atom. The van der Waals surface area contributed by atoms with Gasteiger partial charge in [0.05, 0.1) is 4.90 Å². The quantitative estimate of drug-likeness (QED) is 0.883. The van der Waals surface area contributed by atoms with Gasteiger partial charge in [-0.1, -0.05) is 18.2 Å². The van der Waals surface area contributed by atoms with E-state index < -0.39 is 15.8 Å². The van der Waals surface area contributed by atoms with E-state index in [9.17, 15) is 12.8 Å². The Morgan fingerprint density at radius 1 is 1.19 bits per heavy atom. The number of nitrogens with zero attached hydrogens (tertiary/aromatic N) is 1. The van der Waals surface area contributed by atoms with Gasteiger partial charge in [-0.25, -0.2) is 12.8 Å². The zero-order valence-electron chi connectivity index (χ0n) is 11.9. The molecule has 0 fully saturated rings. The molecule has 0 heterocycles. The van der Waals surface area contributed by atoms with Crippen molar-refractivity contribution in [1.29, 1.82) is 0 Å². The molecule has 0 saturated carbocycles. The van der Waals surface area contributed by atoms with Gasteiger partial charge in [0.25, 0.3) is 0 Å². The van der Waals surface area contributed by atoms with E-state index >= 15 is 0 Å². The highest BCUT2D eigenvalue weighted by Gasteiger charge is 2.22. The summed E-state index contributed by atoms with van der Waals surface area (Å²) >= 11 is 0. The van der Waals surface area contributed by atoms with Crippen LogP contribution in [0, 0.1) is 12.7 Å². The SMILES string of the molecule is Cc1cc(N)cc(S(=O)(=O)N(C)Cc2ccccc2F)c1. The van der Waals surface area contributed by atoms with Crippen LogP contribution < -0.4 is 5.73 Å². The fraction of sp³-hybridized carbons (Fsp3) is 0.200. The lowest BCUT2D eigenvalue weighted by Crippen LogP contribution is -2.27. The molecule has 21 heavy (non-hydrogen) atoms. The van der Waals surface area contributed by atoms with Crippen LogP contribution >= 0.6 is 0 Å². The summed E-state index contributed by atoms with van der Waals surface area (Å²) in [6.07, 6.45) is 0. The van der Waals surface area contributed by atoms with Crippen molar-refractivity contribution < 1.29 is 12.8 Å². The number of sulfonamides is 1.